The van der Waals surface area contributed by atoms with Gasteiger partial charge in [-0.25, -0.2) is 13.8 Å². The molecule has 1 N–H and O–H groups in total. The first-order valence-corrected chi connectivity index (χ1v) is 10.2. The van der Waals surface area contributed by atoms with E-state index in [2.05, 4.69) is 15.4 Å². The zero-order valence-electron chi connectivity index (χ0n) is 15.6. The van der Waals surface area contributed by atoms with E-state index in [1.54, 1.807) is 24.3 Å². The van der Waals surface area contributed by atoms with E-state index in [1.165, 1.54) is 14.0 Å². The molecule has 1 aliphatic heterocycles. The minimum absolute atomic E-state index is 0.392. The Bertz CT molecular complexity index is 751. The first kappa shape index (κ1) is 20.2. The van der Waals surface area contributed by atoms with E-state index < -0.39 is 22.0 Å². The second-order valence-electron chi connectivity index (χ2n) is 6.39. The molecule has 1 atom stereocenters. The Morgan fingerprint density at radius 3 is 2.35 bits per heavy atom. The quantitative estimate of drug-likeness (QED) is 0.743. The number of carbonyl (C=O) groups is 1. The third-order valence-corrected chi connectivity index (χ3v) is 5.55. The van der Waals surface area contributed by atoms with Crippen molar-refractivity contribution in [2.75, 3.05) is 37.8 Å². The van der Waals surface area contributed by atoms with Gasteiger partial charge in [-0.2, -0.15) is 5.10 Å². The summed E-state index contributed by atoms with van der Waals surface area (Å²) < 4.78 is 30.7. The summed E-state index contributed by atoms with van der Waals surface area (Å²) in [5.74, 6) is 0.130. The van der Waals surface area contributed by atoms with Crippen molar-refractivity contribution in [3.8, 4) is 5.75 Å². The average molecular weight is 382 g/mol. The number of methoxy groups -OCH3 is 1. The zero-order valence-corrected chi connectivity index (χ0v) is 16.4. The topological polar surface area (TPSA) is 91.3 Å². The second kappa shape index (κ2) is 8.50. The van der Waals surface area contributed by atoms with Gasteiger partial charge in [0.05, 0.1) is 19.1 Å². The van der Waals surface area contributed by atoms with E-state index in [-0.39, 0.29) is 0 Å². The Balaban J connectivity index is 2.14. The van der Waals surface area contributed by atoms with Crippen molar-refractivity contribution in [2.24, 2.45) is 5.10 Å². The maximum Gasteiger partial charge on any atom is 0.263 e. The number of rotatable bonds is 6. The summed E-state index contributed by atoms with van der Waals surface area (Å²) in [5, 5.41) is 4.17. The Hall–Kier alpha value is -2.13. The van der Waals surface area contributed by atoms with Crippen molar-refractivity contribution >= 4 is 27.3 Å². The third kappa shape index (κ3) is 5.18. The van der Waals surface area contributed by atoms with Gasteiger partial charge in [0, 0.05) is 31.6 Å². The summed E-state index contributed by atoms with van der Waals surface area (Å²) in [6.07, 6.45) is 2.66. The van der Waals surface area contributed by atoms with E-state index in [0.29, 0.717) is 11.4 Å². The molecule has 1 heterocycles. The number of hydrogen-bond acceptors (Lipinski definition) is 6. The predicted molar refractivity (Wildman–Crippen MR) is 102 cm³/mol. The van der Waals surface area contributed by atoms with Crippen molar-refractivity contribution in [1.29, 1.82) is 0 Å². The monoisotopic (exact) mass is 382 g/mol. The van der Waals surface area contributed by atoms with Crippen molar-refractivity contribution in [1.82, 2.24) is 10.3 Å². The Labute approximate surface area is 154 Å². The molecule has 1 amide bonds. The van der Waals surface area contributed by atoms with Gasteiger partial charge in [0.25, 0.3) is 5.91 Å². The lowest BCUT2D eigenvalue weighted by molar-refractivity contribution is -0.121. The molecule has 1 saturated heterocycles. The summed E-state index contributed by atoms with van der Waals surface area (Å²) in [7, 11) is -0.0884. The highest BCUT2D eigenvalue weighted by Crippen LogP contribution is 2.23. The van der Waals surface area contributed by atoms with Crippen LogP contribution in [-0.4, -0.2) is 64.5 Å². The molecule has 1 aromatic rings. The van der Waals surface area contributed by atoms with Crippen LogP contribution in [-0.2, 0) is 14.8 Å². The summed E-state index contributed by atoms with van der Waals surface area (Å²) in [5.41, 5.74) is 3.82. The molecular weight excluding hydrogens is 356 g/mol. The maximum absolute atomic E-state index is 12.5. The number of sulfonamides is 1. The molecule has 0 aromatic heterocycles. The highest BCUT2D eigenvalue weighted by molar-refractivity contribution is 7.92. The van der Waals surface area contributed by atoms with Crippen LogP contribution in [0.1, 0.15) is 19.8 Å². The van der Waals surface area contributed by atoms with Gasteiger partial charge >= 0.3 is 0 Å². The van der Waals surface area contributed by atoms with Gasteiger partial charge in [0.2, 0.25) is 10.0 Å². The predicted octanol–water partition coefficient (Wildman–Crippen LogP) is 1.05. The van der Waals surface area contributed by atoms with Crippen LogP contribution in [0.5, 0.6) is 5.75 Å². The number of piperidine rings is 1. The van der Waals surface area contributed by atoms with Crippen LogP contribution >= 0.6 is 0 Å². The van der Waals surface area contributed by atoms with Gasteiger partial charge in [0.15, 0.2) is 0 Å². The Kier molecular flexibility index (Phi) is 6.60. The first-order valence-electron chi connectivity index (χ1n) is 8.39. The summed E-state index contributed by atoms with van der Waals surface area (Å²) >= 11 is 0. The van der Waals surface area contributed by atoms with Gasteiger partial charge in [-0.05, 0) is 38.2 Å². The van der Waals surface area contributed by atoms with Gasteiger partial charge < -0.3 is 9.64 Å². The van der Waals surface area contributed by atoms with Crippen LogP contribution < -0.4 is 14.5 Å². The number of carbonyl (C=O) groups excluding carboxylic acids is 1. The number of likely N-dealkylation sites (tertiary alicyclic amines) is 1. The largest absolute Gasteiger partial charge is 0.497 e. The molecule has 0 saturated carbocycles. The molecule has 1 fully saturated rings. The van der Waals surface area contributed by atoms with Crippen molar-refractivity contribution < 1.29 is 17.9 Å². The highest BCUT2D eigenvalue weighted by Gasteiger charge is 2.29. The lowest BCUT2D eigenvalue weighted by atomic mass is 10.1. The molecule has 2 rings (SSSR count). The molecule has 0 radical (unpaired) electrons. The number of nitrogens with one attached hydrogen (secondary N) is 1. The van der Waals surface area contributed by atoms with E-state index in [9.17, 15) is 13.2 Å². The van der Waals surface area contributed by atoms with Crippen LogP contribution in [0, 0.1) is 0 Å². The Morgan fingerprint density at radius 1 is 1.27 bits per heavy atom. The molecule has 0 unspecified atom stereocenters. The molecule has 144 valence electrons. The van der Waals surface area contributed by atoms with Crippen molar-refractivity contribution in [3.05, 3.63) is 24.3 Å². The standard InChI is InChI=1S/C17H26N4O4S/c1-13(17(22)19-18-14-9-11-20(2)12-10-14)21(26(4,23)24)15-5-7-16(25-3)8-6-15/h5-8,13H,9-12H2,1-4H3,(H,19,22)/t13-/m0/s1. The van der Waals surface area contributed by atoms with Gasteiger partial charge in [-0.1, -0.05) is 0 Å². The Morgan fingerprint density at radius 2 is 1.85 bits per heavy atom. The number of anilines is 1. The van der Waals surface area contributed by atoms with Crippen LogP contribution in [0.2, 0.25) is 0 Å². The fourth-order valence-electron chi connectivity index (χ4n) is 2.75. The molecule has 0 bridgehead atoms. The molecule has 9 heteroatoms. The van der Waals surface area contributed by atoms with E-state index in [0.717, 1.165) is 42.2 Å². The number of benzene rings is 1. The molecule has 0 spiro atoms. The van der Waals surface area contributed by atoms with Gasteiger partial charge in [-0.3, -0.25) is 9.10 Å². The van der Waals surface area contributed by atoms with Gasteiger partial charge in [0.1, 0.15) is 11.8 Å². The lowest BCUT2D eigenvalue weighted by Gasteiger charge is -2.28. The van der Waals surface area contributed by atoms with Gasteiger partial charge in [-0.15, -0.1) is 0 Å². The summed E-state index contributed by atoms with van der Waals surface area (Å²) in [6, 6.07) is 5.57. The molecule has 0 aliphatic carbocycles. The number of hydrogen-bond donors (Lipinski definition) is 1. The van der Waals surface area contributed by atoms with Crippen LogP contribution in [0.25, 0.3) is 0 Å². The fourth-order valence-corrected chi connectivity index (χ4v) is 3.93. The number of ether oxygens (including phenoxy) is 1. The molecule has 1 aromatic carbocycles. The molecule has 26 heavy (non-hydrogen) atoms. The van der Waals surface area contributed by atoms with E-state index in [4.69, 9.17) is 4.74 Å². The fraction of sp³-hybridized carbons (Fsp3) is 0.529. The van der Waals surface area contributed by atoms with Crippen molar-refractivity contribution in [3.63, 3.8) is 0 Å². The van der Waals surface area contributed by atoms with Crippen LogP contribution in [0.4, 0.5) is 5.69 Å². The zero-order chi connectivity index (χ0) is 19.3. The number of nitrogens with zero attached hydrogens (tertiary/aromatic N) is 3. The minimum Gasteiger partial charge on any atom is -0.497 e. The maximum atomic E-state index is 12.5. The normalized spacial score (nSPS) is 16.7. The molecule has 1 aliphatic rings. The molecule has 8 nitrogen and oxygen atoms in total. The highest BCUT2D eigenvalue weighted by atomic mass is 32.2. The smallest absolute Gasteiger partial charge is 0.263 e. The number of hydrazone groups is 1. The minimum atomic E-state index is -3.66. The van der Waals surface area contributed by atoms with Crippen LogP contribution in [0.3, 0.4) is 0 Å². The first-order chi connectivity index (χ1) is 12.2. The lowest BCUT2D eigenvalue weighted by Crippen LogP contribution is -2.47. The van der Waals surface area contributed by atoms with Crippen molar-refractivity contribution in [2.45, 2.75) is 25.8 Å². The second-order valence-corrected chi connectivity index (χ2v) is 8.25. The SMILES string of the molecule is COc1ccc(N([C@@H](C)C(=O)NN=C2CCN(C)CC2)S(C)(=O)=O)cc1. The van der Waals surface area contributed by atoms with Crippen LogP contribution in [0.15, 0.2) is 29.4 Å². The number of amides is 1. The average Bonchev–Trinajstić information content (AvgIpc) is 2.60. The summed E-state index contributed by atoms with van der Waals surface area (Å²) in [4.78, 5) is 14.7. The van der Waals surface area contributed by atoms with E-state index in [1.807, 2.05) is 7.05 Å². The third-order valence-electron chi connectivity index (χ3n) is 4.30. The summed E-state index contributed by atoms with van der Waals surface area (Å²) in [6.45, 7) is 3.33. The van der Waals surface area contributed by atoms with E-state index >= 15 is 0 Å². The molecular formula is C17H26N4O4S.